The van der Waals surface area contributed by atoms with Gasteiger partial charge in [0.05, 0.1) is 13.2 Å². The smallest absolute Gasteiger partial charge is 0.305 e. The van der Waals surface area contributed by atoms with Gasteiger partial charge in [0.1, 0.15) is 0 Å². The fourth-order valence-electron chi connectivity index (χ4n) is 1.94. The van der Waals surface area contributed by atoms with Crippen LogP contribution in [0.4, 0.5) is 0 Å². The van der Waals surface area contributed by atoms with E-state index >= 15 is 0 Å². The minimum Gasteiger partial charge on any atom is -0.466 e. The van der Waals surface area contributed by atoms with Crippen LogP contribution < -0.4 is 0 Å². The molecule has 0 aromatic rings. The maximum Gasteiger partial charge on any atom is 0.305 e. The van der Waals surface area contributed by atoms with E-state index in [1.807, 2.05) is 0 Å². The first-order chi connectivity index (χ1) is 10.2. The van der Waals surface area contributed by atoms with Gasteiger partial charge in [-0.15, -0.1) is 0 Å². The van der Waals surface area contributed by atoms with Crippen molar-refractivity contribution in [3.05, 3.63) is 0 Å². The first kappa shape index (κ1) is 19.9. The Balaban J connectivity index is 3.30. The number of unbranched alkanes of at least 4 members (excludes halogenated alkanes) is 6. The molecule has 0 amide bonds. The van der Waals surface area contributed by atoms with Crippen LogP contribution in [0.1, 0.15) is 84.5 Å². The van der Waals surface area contributed by atoms with Crippen molar-refractivity contribution in [3.8, 4) is 0 Å². The van der Waals surface area contributed by atoms with Crippen molar-refractivity contribution in [2.75, 3.05) is 13.2 Å². The largest absolute Gasteiger partial charge is 0.466 e. The Hall–Kier alpha value is -1.06. The van der Waals surface area contributed by atoms with Crippen LogP contribution in [-0.2, 0) is 19.1 Å². The molecule has 0 saturated heterocycles. The van der Waals surface area contributed by atoms with E-state index in [9.17, 15) is 9.59 Å². The van der Waals surface area contributed by atoms with Crippen LogP contribution in [0, 0.1) is 0 Å². The van der Waals surface area contributed by atoms with Gasteiger partial charge in [0.25, 0.3) is 0 Å². The molecule has 0 spiro atoms. The Labute approximate surface area is 129 Å². The highest BCUT2D eigenvalue weighted by Crippen LogP contribution is 2.06. The lowest BCUT2D eigenvalue weighted by Gasteiger charge is -2.05. The predicted molar refractivity (Wildman–Crippen MR) is 84.1 cm³/mol. The summed E-state index contributed by atoms with van der Waals surface area (Å²) in [7, 11) is 0. The van der Waals surface area contributed by atoms with E-state index in [2.05, 4.69) is 13.8 Å². The topological polar surface area (TPSA) is 52.6 Å². The summed E-state index contributed by atoms with van der Waals surface area (Å²) in [6.45, 7) is 5.32. The normalized spacial score (nSPS) is 10.4. The fourth-order valence-corrected chi connectivity index (χ4v) is 1.94. The number of hydrogen-bond acceptors (Lipinski definition) is 4. The van der Waals surface area contributed by atoms with Crippen LogP contribution in [0.5, 0.6) is 0 Å². The molecule has 0 aromatic heterocycles. The summed E-state index contributed by atoms with van der Waals surface area (Å²) in [6.07, 6.45) is 9.73. The number of hydrogen-bond donors (Lipinski definition) is 0. The Kier molecular flexibility index (Phi) is 14.6. The lowest BCUT2D eigenvalue weighted by atomic mass is 10.1. The molecule has 0 bridgehead atoms. The van der Waals surface area contributed by atoms with E-state index < -0.39 is 0 Å². The quantitative estimate of drug-likeness (QED) is 0.352. The monoisotopic (exact) mass is 300 g/mol. The maximum atomic E-state index is 11.4. The summed E-state index contributed by atoms with van der Waals surface area (Å²) in [5.74, 6) is -0.235. The molecule has 4 heteroatoms. The van der Waals surface area contributed by atoms with Gasteiger partial charge in [-0.25, -0.2) is 0 Å². The Morgan fingerprint density at radius 1 is 0.619 bits per heavy atom. The Morgan fingerprint density at radius 2 is 1.05 bits per heavy atom. The lowest BCUT2D eigenvalue weighted by molar-refractivity contribution is -0.144. The summed E-state index contributed by atoms with van der Waals surface area (Å²) in [5, 5.41) is 0. The van der Waals surface area contributed by atoms with E-state index in [0.717, 1.165) is 57.8 Å². The number of rotatable bonds is 14. The summed E-state index contributed by atoms with van der Waals surface area (Å²) in [4.78, 5) is 22.8. The van der Waals surface area contributed by atoms with Crippen LogP contribution >= 0.6 is 0 Å². The van der Waals surface area contributed by atoms with Crippen molar-refractivity contribution in [1.29, 1.82) is 0 Å². The Morgan fingerprint density at radius 3 is 1.43 bits per heavy atom. The van der Waals surface area contributed by atoms with Gasteiger partial charge in [0.15, 0.2) is 0 Å². The van der Waals surface area contributed by atoms with Gasteiger partial charge in [0.2, 0.25) is 0 Å². The van der Waals surface area contributed by atoms with Crippen molar-refractivity contribution >= 4 is 11.9 Å². The minimum atomic E-state index is -0.117. The SMILES string of the molecule is CCCCCOC(=O)CCCCCC(=O)OCCCCC. The highest BCUT2D eigenvalue weighted by atomic mass is 16.5. The first-order valence-corrected chi connectivity index (χ1v) is 8.52. The average molecular weight is 300 g/mol. The molecule has 0 aliphatic carbocycles. The van der Waals surface area contributed by atoms with Crippen molar-refractivity contribution in [3.63, 3.8) is 0 Å². The third-order valence-electron chi connectivity index (χ3n) is 3.28. The molecule has 0 N–H and O–H groups in total. The summed E-state index contributed by atoms with van der Waals surface area (Å²) >= 11 is 0. The van der Waals surface area contributed by atoms with Crippen LogP contribution in [0.3, 0.4) is 0 Å². The second-order valence-corrected chi connectivity index (χ2v) is 5.42. The first-order valence-electron chi connectivity index (χ1n) is 8.52. The average Bonchev–Trinajstić information content (AvgIpc) is 2.48. The summed E-state index contributed by atoms with van der Waals surface area (Å²) in [5.41, 5.74) is 0. The lowest BCUT2D eigenvalue weighted by Crippen LogP contribution is -2.07. The molecule has 0 rings (SSSR count). The zero-order valence-electron chi connectivity index (χ0n) is 13.8. The van der Waals surface area contributed by atoms with Gasteiger partial charge in [-0.05, 0) is 25.7 Å². The zero-order valence-corrected chi connectivity index (χ0v) is 13.8. The van der Waals surface area contributed by atoms with E-state index in [1.165, 1.54) is 0 Å². The van der Waals surface area contributed by atoms with Gasteiger partial charge in [-0.1, -0.05) is 46.0 Å². The molecule has 124 valence electrons. The van der Waals surface area contributed by atoms with Crippen molar-refractivity contribution in [1.82, 2.24) is 0 Å². The van der Waals surface area contributed by atoms with E-state index in [4.69, 9.17) is 9.47 Å². The van der Waals surface area contributed by atoms with Gasteiger partial charge in [-0.2, -0.15) is 0 Å². The van der Waals surface area contributed by atoms with Crippen LogP contribution in [-0.4, -0.2) is 25.2 Å². The van der Waals surface area contributed by atoms with E-state index in [0.29, 0.717) is 26.1 Å². The molecule has 0 radical (unpaired) electrons. The van der Waals surface area contributed by atoms with Gasteiger partial charge < -0.3 is 9.47 Å². The molecular formula is C17H32O4. The number of carbonyl (C=O) groups is 2. The molecule has 0 heterocycles. The van der Waals surface area contributed by atoms with E-state index in [-0.39, 0.29) is 11.9 Å². The van der Waals surface area contributed by atoms with Crippen molar-refractivity contribution in [2.45, 2.75) is 84.5 Å². The highest BCUT2D eigenvalue weighted by molar-refractivity contribution is 5.69. The van der Waals surface area contributed by atoms with E-state index in [1.54, 1.807) is 0 Å². The molecule has 0 atom stereocenters. The molecule has 0 fully saturated rings. The highest BCUT2D eigenvalue weighted by Gasteiger charge is 2.05. The van der Waals surface area contributed by atoms with Crippen LogP contribution in [0.25, 0.3) is 0 Å². The molecule has 0 aliphatic rings. The minimum absolute atomic E-state index is 0.117. The number of carbonyl (C=O) groups excluding carboxylic acids is 2. The predicted octanol–water partition coefficient (Wildman–Crippen LogP) is 4.40. The van der Waals surface area contributed by atoms with Gasteiger partial charge >= 0.3 is 11.9 Å². The van der Waals surface area contributed by atoms with Crippen molar-refractivity contribution in [2.24, 2.45) is 0 Å². The zero-order chi connectivity index (χ0) is 15.8. The van der Waals surface area contributed by atoms with Crippen molar-refractivity contribution < 1.29 is 19.1 Å². The second kappa shape index (κ2) is 15.3. The Bertz CT molecular complexity index is 238. The molecule has 21 heavy (non-hydrogen) atoms. The number of esters is 2. The van der Waals surface area contributed by atoms with Crippen LogP contribution in [0.2, 0.25) is 0 Å². The molecule has 4 nitrogen and oxygen atoms in total. The third kappa shape index (κ3) is 15.2. The van der Waals surface area contributed by atoms with Crippen LogP contribution in [0.15, 0.2) is 0 Å². The van der Waals surface area contributed by atoms with Gasteiger partial charge in [0, 0.05) is 12.8 Å². The third-order valence-corrected chi connectivity index (χ3v) is 3.28. The summed E-state index contributed by atoms with van der Waals surface area (Å²) < 4.78 is 10.2. The summed E-state index contributed by atoms with van der Waals surface area (Å²) in [6, 6.07) is 0. The molecule has 0 saturated carbocycles. The standard InChI is InChI=1S/C17H32O4/c1-3-5-10-14-20-16(18)12-8-7-9-13-17(19)21-15-11-6-4-2/h3-15H2,1-2H3. The molecule has 0 aromatic carbocycles. The maximum absolute atomic E-state index is 11.4. The second-order valence-electron chi connectivity index (χ2n) is 5.42. The molecule has 0 aliphatic heterocycles. The molecule has 0 unspecified atom stereocenters. The number of ether oxygens (including phenoxy) is 2. The molecular weight excluding hydrogens is 268 g/mol. The fraction of sp³-hybridized carbons (Fsp3) is 0.882. The van der Waals surface area contributed by atoms with Gasteiger partial charge in [-0.3, -0.25) is 9.59 Å².